The standard InChI is InChI=1S/C26H35NO5S/c1-4-6-17-32-22-11-13-23(14-12-22)33(29,30)24-15-16-27(25(18-24)26(28)31-5-2)19-21-9-7-20(3)8-10-21/h7-14,24-25H,4-6,15-19H2,1-3H3. The fraction of sp³-hybridized carbons (Fsp3) is 0.500. The summed E-state index contributed by atoms with van der Waals surface area (Å²) in [6.07, 6.45) is 2.69. The SMILES string of the molecule is CCCCOc1ccc(S(=O)(=O)C2CCN(Cc3ccc(C)cc3)C(C(=O)OCC)C2)cc1. The number of carbonyl (C=O) groups is 1. The molecule has 3 rings (SSSR count). The number of piperidine rings is 1. The molecule has 0 spiro atoms. The Labute approximate surface area is 197 Å². The first-order valence-corrected chi connectivity index (χ1v) is 13.3. The average Bonchev–Trinajstić information content (AvgIpc) is 2.81. The summed E-state index contributed by atoms with van der Waals surface area (Å²) in [6, 6.07) is 14.2. The van der Waals surface area contributed by atoms with Gasteiger partial charge in [-0.15, -0.1) is 0 Å². The highest BCUT2D eigenvalue weighted by Crippen LogP contribution is 2.30. The Balaban J connectivity index is 1.74. The van der Waals surface area contributed by atoms with Crippen LogP contribution in [0.4, 0.5) is 0 Å². The third-order valence-corrected chi connectivity index (χ3v) is 8.32. The van der Waals surface area contributed by atoms with E-state index in [0.717, 1.165) is 18.4 Å². The first-order chi connectivity index (χ1) is 15.8. The minimum Gasteiger partial charge on any atom is -0.494 e. The lowest BCUT2D eigenvalue weighted by molar-refractivity contribution is -0.151. The molecule has 0 amide bonds. The zero-order valence-corrected chi connectivity index (χ0v) is 20.6. The molecule has 1 saturated heterocycles. The maximum atomic E-state index is 13.4. The molecule has 0 N–H and O–H groups in total. The number of likely N-dealkylation sites (tertiary alicyclic amines) is 1. The third kappa shape index (κ3) is 6.58. The summed E-state index contributed by atoms with van der Waals surface area (Å²) in [6.45, 7) is 7.87. The molecule has 33 heavy (non-hydrogen) atoms. The van der Waals surface area contributed by atoms with Gasteiger partial charge in [-0.1, -0.05) is 43.2 Å². The van der Waals surface area contributed by atoms with E-state index in [-0.39, 0.29) is 23.9 Å². The molecule has 0 saturated carbocycles. The largest absolute Gasteiger partial charge is 0.494 e. The van der Waals surface area contributed by atoms with Crippen molar-refractivity contribution in [1.82, 2.24) is 4.90 Å². The molecule has 1 aliphatic rings. The van der Waals surface area contributed by atoms with Crippen molar-refractivity contribution in [3.8, 4) is 5.75 Å². The van der Waals surface area contributed by atoms with Crippen LogP contribution in [0.25, 0.3) is 0 Å². The van der Waals surface area contributed by atoms with Gasteiger partial charge in [0.05, 0.1) is 23.4 Å². The quantitative estimate of drug-likeness (QED) is 0.373. The van der Waals surface area contributed by atoms with Crippen LogP contribution < -0.4 is 4.74 Å². The van der Waals surface area contributed by atoms with Crippen LogP contribution in [0.3, 0.4) is 0 Å². The number of unbranched alkanes of at least 4 members (excludes halogenated alkanes) is 1. The Morgan fingerprint density at radius 2 is 1.76 bits per heavy atom. The Bertz CT molecular complexity index is 1000. The van der Waals surface area contributed by atoms with Crippen LogP contribution in [0.15, 0.2) is 53.4 Å². The number of esters is 1. The van der Waals surface area contributed by atoms with Crippen LogP contribution in [0.2, 0.25) is 0 Å². The first-order valence-electron chi connectivity index (χ1n) is 11.8. The van der Waals surface area contributed by atoms with Gasteiger partial charge in [0.2, 0.25) is 0 Å². The third-order valence-electron chi connectivity index (χ3n) is 6.09. The number of sulfone groups is 1. The lowest BCUT2D eigenvalue weighted by atomic mass is 10.0. The van der Waals surface area contributed by atoms with Crippen LogP contribution in [0.1, 0.15) is 50.7 Å². The van der Waals surface area contributed by atoms with Crippen LogP contribution in [-0.2, 0) is 25.9 Å². The second-order valence-corrected chi connectivity index (χ2v) is 10.8. The Morgan fingerprint density at radius 1 is 1.06 bits per heavy atom. The Morgan fingerprint density at radius 3 is 2.39 bits per heavy atom. The van der Waals surface area contributed by atoms with Crippen LogP contribution >= 0.6 is 0 Å². The Hall–Kier alpha value is -2.38. The second-order valence-electron chi connectivity index (χ2n) is 8.59. The summed E-state index contributed by atoms with van der Waals surface area (Å²) in [5, 5.41) is -0.631. The van der Waals surface area contributed by atoms with Crippen LogP contribution in [0.5, 0.6) is 5.75 Å². The van der Waals surface area contributed by atoms with Crippen molar-refractivity contribution in [2.75, 3.05) is 19.8 Å². The van der Waals surface area contributed by atoms with Gasteiger partial charge in [0.25, 0.3) is 0 Å². The minimum absolute atomic E-state index is 0.224. The van der Waals surface area contributed by atoms with E-state index >= 15 is 0 Å². The van der Waals surface area contributed by atoms with E-state index in [1.54, 1.807) is 31.2 Å². The molecule has 7 heteroatoms. The van der Waals surface area contributed by atoms with E-state index in [1.165, 1.54) is 5.56 Å². The van der Waals surface area contributed by atoms with Gasteiger partial charge < -0.3 is 9.47 Å². The topological polar surface area (TPSA) is 72.9 Å². The highest BCUT2D eigenvalue weighted by molar-refractivity contribution is 7.92. The highest BCUT2D eigenvalue weighted by Gasteiger charge is 2.40. The van der Waals surface area contributed by atoms with Gasteiger partial charge in [-0.25, -0.2) is 8.42 Å². The summed E-state index contributed by atoms with van der Waals surface area (Å²) in [4.78, 5) is 15.1. The van der Waals surface area contributed by atoms with E-state index in [4.69, 9.17) is 9.47 Å². The first kappa shape index (κ1) is 25.2. The zero-order valence-electron chi connectivity index (χ0n) is 19.8. The van der Waals surface area contributed by atoms with Crippen molar-refractivity contribution in [3.05, 3.63) is 59.7 Å². The molecule has 2 atom stereocenters. The van der Waals surface area contributed by atoms with Gasteiger partial charge in [0.1, 0.15) is 11.8 Å². The molecule has 180 valence electrons. The molecule has 2 unspecified atom stereocenters. The van der Waals surface area contributed by atoms with E-state index in [1.807, 2.05) is 36.1 Å². The number of aryl methyl sites for hydroxylation is 1. The smallest absolute Gasteiger partial charge is 0.323 e. The molecule has 1 heterocycles. The maximum Gasteiger partial charge on any atom is 0.323 e. The molecule has 1 fully saturated rings. The summed E-state index contributed by atoms with van der Waals surface area (Å²) in [7, 11) is -3.58. The van der Waals surface area contributed by atoms with E-state index in [2.05, 4.69) is 6.92 Å². The molecule has 2 aromatic carbocycles. The monoisotopic (exact) mass is 473 g/mol. The van der Waals surface area contributed by atoms with Crippen molar-refractivity contribution in [2.45, 2.75) is 69.2 Å². The molecule has 0 aromatic heterocycles. The number of hydrogen-bond acceptors (Lipinski definition) is 6. The molecule has 1 aliphatic heterocycles. The normalized spacial score (nSPS) is 19.2. The van der Waals surface area contributed by atoms with Gasteiger partial charge >= 0.3 is 5.97 Å². The van der Waals surface area contributed by atoms with Gasteiger partial charge in [-0.3, -0.25) is 9.69 Å². The summed E-state index contributed by atoms with van der Waals surface area (Å²) >= 11 is 0. The maximum absolute atomic E-state index is 13.4. The molecular weight excluding hydrogens is 438 g/mol. The Kier molecular flexibility index (Phi) is 8.92. The summed E-state index contributed by atoms with van der Waals surface area (Å²) in [5.41, 5.74) is 2.27. The number of ether oxygens (including phenoxy) is 2. The molecule has 0 bridgehead atoms. The predicted molar refractivity (Wildman–Crippen MR) is 129 cm³/mol. The van der Waals surface area contributed by atoms with Gasteiger partial charge in [0.15, 0.2) is 9.84 Å². The number of rotatable bonds is 10. The molecule has 2 aromatic rings. The van der Waals surface area contributed by atoms with Crippen molar-refractivity contribution in [3.63, 3.8) is 0 Å². The molecule has 0 aliphatic carbocycles. The number of nitrogens with zero attached hydrogens (tertiary/aromatic N) is 1. The average molecular weight is 474 g/mol. The highest BCUT2D eigenvalue weighted by atomic mass is 32.2. The molecule has 0 radical (unpaired) electrons. The lowest BCUT2D eigenvalue weighted by Crippen LogP contribution is -2.50. The van der Waals surface area contributed by atoms with Crippen molar-refractivity contribution < 1.29 is 22.7 Å². The summed E-state index contributed by atoms with van der Waals surface area (Å²) in [5.74, 6) is 0.309. The van der Waals surface area contributed by atoms with Crippen molar-refractivity contribution in [2.24, 2.45) is 0 Å². The minimum atomic E-state index is -3.58. The van der Waals surface area contributed by atoms with E-state index in [9.17, 15) is 13.2 Å². The predicted octanol–water partition coefficient (Wildman–Crippen LogP) is 4.54. The van der Waals surface area contributed by atoms with E-state index < -0.39 is 21.1 Å². The lowest BCUT2D eigenvalue weighted by Gasteiger charge is -2.37. The summed E-state index contributed by atoms with van der Waals surface area (Å²) < 4.78 is 37.7. The fourth-order valence-electron chi connectivity index (χ4n) is 4.12. The van der Waals surface area contributed by atoms with Crippen LogP contribution in [0, 0.1) is 6.92 Å². The van der Waals surface area contributed by atoms with Crippen LogP contribution in [-0.4, -0.2) is 50.3 Å². The number of benzene rings is 2. The molecule has 6 nitrogen and oxygen atoms in total. The van der Waals surface area contributed by atoms with Crippen molar-refractivity contribution >= 4 is 15.8 Å². The zero-order chi connectivity index (χ0) is 23.8. The van der Waals surface area contributed by atoms with E-state index in [0.29, 0.717) is 31.9 Å². The number of carbonyl (C=O) groups excluding carboxylic acids is 1. The van der Waals surface area contributed by atoms with Gasteiger partial charge in [-0.05, 0) is 62.9 Å². The second kappa shape index (κ2) is 11.7. The number of hydrogen-bond donors (Lipinski definition) is 0. The van der Waals surface area contributed by atoms with Crippen molar-refractivity contribution in [1.29, 1.82) is 0 Å². The fourth-order valence-corrected chi connectivity index (χ4v) is 5.87. The molecular formula is C26H35NO5S. The van der Waals surface area contributed by atoms with Gasteiger partial charge in [0, 0.05) is 13.1 Å². The van der Waals surface area contributed by atoms with Gasteiger partial charge in [-0.2, -0.15) is 0 Å².